The van der Waals surface area contributed by atoms with Crippen LogP contribution in [0.5, 0.6) is 0 Å². The lowest BCUT2D eigenvalue weighted by atomic mass is 9.99. The number of rotatable bonds is 5. The molecule has 0 saturated carbocycles. The van der Waals surface area contributed by atoms with E-state index in [0.29, 0.717) is 10.8 Å². The van der Waals surface area contributed by atoms with Gasteiger partial charge in [-0.25, -0.2) is 8.42 Å². The van der Waals surface area contributed by atoms with Crippen LogP contribution in [0.1, 0.15) is 31.7 Å². The van der Waals surface area contributed by atoms with Crippen molar-refractivity contribution in [3.05, 3.63) is 42.5 Å². The lowest BCUT2D eigenvalue weighted by Gasteiger charge is -2.09. The molecule has 0 radical (unpaired) electrons. The first kappa shape index (κ1) is 13.0. The average molecular weight is 238 g/mol. The number of hydrogen-bond acceptors (Lipinski definition) is 2. The van der Waals surface area contributed by atoms with E-state index in [-0.39, 0.29) is 5.75 Å². The molecular formula is C13H18O2S. The first-order valence-corrected chi connectivity index (χ1v) is 7.10. The second-order valence-corrected chi connectivity index (χ2v) is 5.98. The molecule has 0 heterocycles. The van der Waals surface area contributed by atoms with Crippen LogP contribution in [-0.2, 0) is 9.84 Å². The van der Waals surface area contributed by atoms with E-state index in [1.54, 1.807) is 12.1 Å². The molecule has 0 aromatic heterocycles. The Bertz CT molecular complexity index is 443. The zero-order chi connectivity index (χ0) is 12.2. The van der Waals surface area contributed by atoms with Gasteiger partial charge >= 0.3 is 0 Å². The zero-order valence-electron chi connectivity index (χ0n) is 9.81. The first-order valence-electron chi connectivity index (χ1n) is 5.45. The average Bonchev–Trinajstić information content (AvgIpc) is 2.28. The Kier molecular flexibility index (Phi) is 4.30. The second-order valence-electron chi connectivity index (χ2n) is 3.95. The van der Waals surface area contributed by atoms with Gasteiger partial charge in [-0.05, 0) is 30.0 Å². The highest BCUT2D eigenvalue weighted by Gasteiger charge is 2.12. The Hall–Kier alpha value is -1.09. The maximum atomic E-state index is 11.7. The van der Waals surface area contributed by atoms with Crippen molar-refractivity contribution in [3.8, 4) is 0 Å². The topological polar surface area (TPSA) is 34.1 Å². The van der Waals surface area contributed by atoms with E-state index in [0.717, 1.165) is 6.42 Å². The predicted octanol–water partition coefficient (Wildman–Crippen LogP) is 3.16. The predicted molar refractivity (Wildman–Crippen MR) is 67.4 cm³/mol. The van der Waals surface area contributed by atoms with Crippen LogP contribution in [0.2, 0.25) is 0 Å². The smallest absolute Gasteiger partial charge is 0.181 e. The minimum absolute atomic E-state index is 0.00429. The van der Waals surface area contributed by atoms with Crippen molar-refractivity contribution in [1.82, 2.24) is 0 Å². The van der Waals surface area contributed by atoms with E-state index in [1.165, 1.54) is 11.6 Å². The van der Waals surface area contributed by atoms with Crippen molar-refractivity contribution in [2.24, 2.45) is 0 Å². The summed E-state index contributed by atoms with van der Waals surface area (Å²) in [6.45, 7) is 7.70. The van der Waals surface area contributed by atoms with Gasteiger partial charge in [0.25, 0.3) is 0 Å². The van der Waals surface area contributed by atoms with Crippen molar-refractivity contribution in [1.29, 1.82) is 0 Å². The normalized spacial score (nSPS) is 13.4. The monoisotopic (exact) mass is 238 g/mol. The van der Waals surface area contributed by atoms with Gasteiger partial charge in [0.05, 0.1) is 10.6 Å². The standard InChI is InChI=1S/C13H18O2S/c1-4-10-16(14,15)13-8-6-12(7-9-13)11(3)5-2/h4,6-9,11H,1,5,10H2,2-3H3. The molecule has 0 aliphatic carbocycles. The van der Waals surface area contributed by atoms with Gasteiger partial charge in [0.1, 0.15) is 0 Å². The summed E-state index contributed by atoms with van der Waals surface area (Å²) in [5.41, 5.74) is 1.18. The van der Waals surface area contributed by atoms with Gasteiger partial charge in [0.15, 0.2) is 9.84 Å². The summed E-state index contributed by atoms with van der Waals surface area (Å²) in [5, 5.41) is 0. The van der Waals surface area contributed by atoms with Gasteiger partial charge in [-0.15, -0.1) is 6.58 Å². The molecule has 0 aliphatic rings. The molecule has 1 unspecified atom stereocenters. The van der Waals surface area contributed by atoms with E-state index in [4.69, 9.17) is 0 Å². The van der Waals surface area contributed by atoms with Crippen molar-refractivity contribution >= 4 is 9.84 Å². The second kappa shape index (κ2) is 5.30. The molecule has 16 heavy (non-hydrogen) atoms. The van der Waals surface area contributed by atoms with Gasteiger partial charge in [-0.3, -0.25) is 0 Å². The number of hydrogen-bond donors (Lipinski definition) is 0. The van der Waals surface area contributed by atoms with Crippen molar-refractivity contribution in [2.45, 2.75) is 31.1 Å². The summed E-state index contributed by atoms with van der Waals surface area (Å²) in [4.78, 5) is 0.374. The van der Waals surface area contributed by atoms with Gasteiger partial charge in [0, 0.05) is 0 Å². The minimum Gasteiger partial charge on any atom is -0.223 e. The number of sulfone groups is 1. The van der Waals surface area contributed by atoms with E-state index >= 15 is 0 Å². The Morgan fingerprint density at radius 1 is 1.31 bits per heavy atom. The van der Waals surface area contributed by atoms with Crippen molar-refractivity contribution in [3.63, 3.8) is 0 Å². The molecule has 0 amide bonds. The molecule has 0 aliphatic heterocycles. The summed E-state index contributed by atoms with van der Waals surface area (Å²) in [7, 11) is -3.18. The largest absolute Gasteiger partial charge is 0.223 e. The fourth-order valence-corrected chi connectivity index (χ4v) is 2.54. The fraction of sp³-hybridized carbons (Fsp3) is 0.385. The molecule has 1 atom stereocenters. The maximum Gasteiger partial charge on any atom is 0.181 e. The Morgan fingerprint density at radius 3 is 2.31 bits per heavy atom. The van der Waals surface area contributed by atoms with E-state index < -0.39 is 9.84 Å². The van der Waals surface area contributed by atoms with Gasteiger partial charge in [0.2, 0.25) is 0 Å². The lowest BCUT2D eigenvalue weighted by Crippen LogP contribution is -2.04. The van der Waals surface area contributed by atoms with E-state index in [1.807, 2.05) is 12.1 Å². The van der Waals surface area contributed by atoms with Crippen LogP contribution in [0.3, 0.4) is 0 Å². The third kappa shape index (κ3) is 2.95. The lowest BCUT2D eigenvalue weighted by molar-refractivity contribution is 0.599. The minimum atomic E-state index is -3.18. The molecule has 0 bridgehead atoms. The Morgan fingerprint density at radius 2 is 1.88 bits per heavy atom. The molecular weight excluding hydrogens is 220 g/mol. The van der Waals surface area contributed by atoms with Crippen molar-refractivity contribution < 1.29 is 8.42 Å². The zero-order valence-corrected chi connectivity index (χ0v) is 10.6. The van der Waals surface area contributed by atoms with Gasteiger partial charge in [-0.2, -0.15) is 0 Å². The summed E-state index contributed by atoms with van der Waals surface area (Å²) in [6, 6.07) is 7.15. The van der Waals surface area contributed by atoms with Crippen LogP contribution >= 0.6 is 0 Å². The van der Waals surface area contributed by atoms with Gasteiger partial charge < -0.3 is 0 Å². The highest BCUT2D eigenvalue weighted by atomic mass is 32.2. The van der Waals surface area contributed by atoms with Crippen LogP contribution < -0.4 is 0 Å². The van der Waals surface area contributed by atoms with E-state index in [2.05, 4.69) is 20.4 Å². The molecule has 1 rings (SSSR count). The summed E-state index contributed by atoms with van der Waals surface area (Å²) >= 11 is 0. The molecule has 3 heteroatoms. The fourth-order valence-electron chi connectivity index (χ4n) is 1.49. The quantitative estimate of drug-likeness (QED) is 0.738. The van der Waals surface area contributed by atoms with Crippen molar-refractivity contribution in [2.75, 3.05) is 5.75 Å². The summed E-state index contributed by atoms with van der Waals surface area (Å²) in [5.74, 6) is 0.464. The van der Waals surface area contributed by atoms with Crippen LogP contribution in [0.15, 0.2) is 41.8 Å². The highest BCUT2D eigenvalue weighted by molar-refractivity contribution is 7.91. The van der Waals surface area contributed by atoms with Crippen LogP contribution in [0.4, 0.5) is 0 Å². The number of benzene rings is 1. The Balaban J connectivity index is 2.99. The van der Waals surface area contributed by atoms with Gasteiger partial charge in [-0.1, -0.05) is 32.1 Å². The SMILES string of the molecule is C=CCS(=O)(=O)c1ccc(C(C)CC)cc1. The molecule has 0 saturated heterocycles. The molecule has 1 aromatic carbocycles. The molecule has 1 aromatic rings. The molecule has 0 N–H and O–H groups in total. The van der Waals surface area contributed by atoms with Crippen LogP contribution in [0.25, 0.3) is 0 Å². The highest BCUT2D eigenvalue weighted by Crippen LogP contribution is 2.20. The Labute approximate surface area is 97.9 Å². The molecule has 2 nitrogen and oxygen atoms in total. The maximum absolute atomic E-state index is 11.7. The van der Waals surface area contributed by atoms with Crippen LogP contribution in [-0.4, -0.2) is 14.2 Å². The summed E-state index contributed by atoms with van der Waals surface area (Å²) < 4.78 is 23.4. The summed E-state index contributed by atoms with van der Waals surface area (Å²) in [6.07, 6.45) is 2.47. The first-order chi connectivity index (χ1) is 7.51. The van der Waals surface area contributed by atoms with Crippen LogP contribution in [0, 0.1) is 0 Å². The third-order valence-electron chi connectivity index (χ3n) is 2.76. The third-order valence-corrected chi connectivity index (χ3v) is 4.42. The van der Waals surface area contributed by atoms with E-state index in [9.17, 15) is 8.42 Å². The molecule has 88 valence electrons. The molecule has 0 fully saturated rings. The molecule has 0 spiro atoms.